The van der Waals surface area contributed by atoms with E-state index < -0.39 is 5.97 Å². The van der Waals surface area contributed by atoms with E-state index in [0.717, 1.165) is 57.8 Å². The van der Waals surface area contributed by atoms with Gasteiger partial charge in [-0.05, 0) is 57.8 Å². The highest BCUT2D eigenvalue weighted by atomic mass is 16.4. The fourth-order valence-electron chi connectivity index (χ4n) is 4.66. The Morgan fingerprint density at radius 2 is 1.12 bits per heavy atom. The van der Waals surface area contributed by atoms with Crippen molar-refractivity contribution in [1.82, 2.24) is 10.6 Å². The Bertz CT molecular complexity index is 508. The number of carbonyl (C=O) groups excluding carboxylic acids is 2. The van der Waals surface area contributed by atoms with Gasteiger partial charge in [0.2, 0.25) is 11.8 Å². The van der Waals surface area contributed by atoms with E-state index in [2.05, 4.69) is 10.6 Å². The highest BCUT2D eigenvalue weighted by molar-refractivity contribution is 5.80. The number of carbonyl (C=O) groups is 3. The highest BCUT2D eigenvalue weighted by Crippen LogP contribution is 2.29. The molecule has 0 aromatic heterocycles. The van der Waals surface area contributed by atoms with Crippen molar-refractivity contribution < 1.29 is 19.5 Å². The van der Waals surface area contributed by atoms with Gasteiger partial charge >= 0.3 is 5.97 Å². The highest BCUT2D eigenvalue weighted by Gasteiger charge is 2.34. The number of hydrogen-bond acceptors (Lipinski definition) is 3. The van der Waals surface area contributed by atoms with Gasteiger partial charge in [-0.15, -0.1) is 0 Å². The SMILES string of the molecule is O=C(NC1CCC(C(=O)N[C@@H]2CC[C@H](C(=O)O)C2)CC1)C1CCCC1. The normalized spacial score (nSPS) is 33.1. The lowest BCUT2D eigenvalue weighted by Gasteiger charge is -2.30. The Morgan fingerprint density at radius 3 is 1.68 bits per heavy atom. The van der Waals surface area contributed by atoms with E-state index in [-0.39, 0.29) is 41.7 Å². The van der Waals surface area contributed by atoms with Crippen LogP contribution in [0.2, 0.25) is 0 Å². The predicted molar refractivity (Wildman–Crippen MR) is 92.8 cm³/mol. The minimum absolute atomic E-state index is 0.00325. The first-order chi connectivity index (χ1) is 12.0. The fraction of sp³-hybridized carbons (Fsp3) is 0.842. The molecule has 0 bridgehead atoms. The lowest BCUT2D eigenvalue weighted by atomic mass is 9.85. The standard InChI is InChI=1S/C19H30N2O4/c22-17(12-3-1-2-4-12)20-15-8-5-13(6-9-15)18(23)21-16-10-7-14(11-16)19(24)25/h12-16H,1-11H2,(H,20,22)(H,21,23)(H,24,25)/t13?,14-,15?,16+/m0/s1. The number of carboxylic acid groups (broad SMARTS) is 1. The van der Waals surface area contributed by atoms with Crippen LogP contribution in [0.1, 0.15) is 70.6 Å². The van der Waals surface area contributed by atoms with Crippen molar-refractivity contribution in [2.24, 2.45) is 17.8 Å². The van der Waals surface area contributed by atoms with E-state index in [0.29, 0.717) is 12.8 Å². The maximum atomic E-state index is 12.4. The Kier molecular flexibility index (Phi) is 5.97. The van der Waals surface area contributed by atoms with Crippen molar-refractivity contribution in [3.8, 4) is 0 Å². The van der Waals surface area contributed by atoms with E-state index in [9.17, 15) is 14.4 Å². The molecule has 3 rings (SSSR count). The molecule has 3 saturated carbocycles. The minimum atomic E-state index is -0.754. The summed E-state index contributed by atoms with van der Waals surface area (Å²) in [5.74, 6) is -0.594. The van der Waals surface area contributed by atoms with E-state index >= 15 is 0 Å². The molecule has 3 fully saturated rings. The monoisotopic (exact) mass is 350 g/mol. The van der Waals surface area contributed by atoms with Crippen molar-refractivity contribution in [2.75, 3.05) is 0 Å². The summed E-state index contributed by atoms with van der Waals surface area (Å²) >= 11 is 0. The lowest BCUT2D eigenvalue weighted by molar-refractivity contribution is -0.141. The number of aliphatic carboxylic acids is 1. The van der Waals surface area contributed by atoms with Crippen LogP contribution in [0.4, 0.5) is 0 Å². The summed E-state index contributed by atoms with van der Waals surface area (Å²) in [6.07, 6.45) is 9.64. The Labute approximate surface area is 149 Å². The van der Waals surface area contributed by atoms with Crippen LogP contribution in [-0.2, 0) is 14.4 Å². The van der Waals surface area contributed by atoms with Crippen molar-refractivity contribution in [1.29, 1.82) is 0 Å². The Balaban J connectivity index is 1.37. The maximum Gasteiger partial charge on any atom is 0.306 e. The molecule has 3 aliphatic rings. The molecular formula is C19H30N2O4. The number of rotatable bonds is 5. The topological polar surface area (TPSA) is 95.5 Å². The molecule has 0 unspecified atom stereocenters. The zero-order chi connectivity index (χ0) is 17.8. The quantitative estimate of drug-likeness (QED) is 0.708. The summed E-state index contributed by atoms with van der Waals surface area (Å²) in [5, 5.41) is 15.3. The van der Waals surface area contributed by atoms with Gasteiger partial charge in [-0.2, -0.15) is 0 Å². The lowest BCUT2D eigenvalue weighted by Crippen LogP contribution is -2.44. The molecule has 0 aromatic carbocycles. The average Bonchev–Trinajstić information content (AvgIpc) is 3.27. The third kappa shape index (κ3) is 4.73. The van der Waals surface area contributed by atoms with Crippen LogP contribution < -0.4 is 10.6 Å². The molecule has 2 amide bonds. The van der Waals surface area contributed by atoms with Crippen LogP contribution in [0.3, 0.4) is 0 Å². The molecule has 2 atom stereocenters. The Morgan fingerprint density at radius 1 is 0.640 bits per heavy atom. The first kappa shape index (κ1) is 18.2. The largest absolute Gasteiger partial charge is 0.481 e. The molecule has 0 radical (unpaired) electrons. The van der Waals surface area contributed by atoms with Gasteiger partial charge in [0, 0.05) is 23.9 Å². The van der Waals surface area contributed by atoms with E-state index in [1.165, 1.54) is 0 Å². The van der Waals surface area contributed by atoms with Crippen LogP contribution in [0.5, 0.6) is 0 Å². The summed E-state index contributed by atoms with van der Waals surface area (Å²) in [7, 11) is 0. The average molecular weight is 350 g/mol. The number of hydrogen-bond donors (Lipinski definition) is 3. The van der Waals surface area contributed by atoms with Gasteiger partial charge < -0.3 is 15.7 Å². The first-order valence-electron chi connectivity index (χ1n) is 9.86. The van der Waals surface area contributed by atoms with Crippen molar-refractivity contribution in [3.05, 3.63) is 0 Å². The summed E-state index contributed by atoms with van der Waals surface area (Å²) in [5.41, 5.74) is 0. The molecule has 140 valence electrons. The fourth-order valence-corrected chi connectivity index (χ4v) is 4.66. The third-order valence-electron chi connectivity index (χ3n) is 6.30. The van der Waals surface area contributed by atoms with Gasteiger partial charge in [-0.1, -0.05) is 12.8 Å². The second-order valence-corrected chi connectivity index (χ2v) is 8.09. The molecule has 6 nitrogen and oxygen atoms in total. The molecule has 0 saturated heterocycles. The smallest absolute Gasteiger partial charge is 0.306 e. The number of amides is 2. The van der Waals surface area contributed by atoms with E-state index in [1.54, 1.807) is 0 Å². The summed E-state index contributed by atoms with van der Waals surface area (Å²) in [4.78, 5) is 35.6. The molecule has 6 heteroatoms. The van der Waals surface area contributed by atoms with Crippen molar-refractivity contribution >= 4 is 17.8 Å². The molecule has 3 N–H and O–H groups in total. The van der Waals surface area contributed by atoms with Crippen LogP contribution in [0, 0.1) is 17.8 Å². The molecule has 0 aromatic rings. The third-order valence-corrected chi connectivity index (χ3v) is 6.30. The summed E-state index contributed by atoms with van der Waals surface area (Å²) in [6, 6.07) is 0.216. The maximum absolute atomic E-state index is 12.4. The molecule has 0 heterocycles. The van der Waals surface area contributed by atoms with E-state index in [4.69, 9.17) is 5.11 Å². The Hall–Kier alpha value is -1.59. The van der Waals surface area contributed by atoms with Crippen molar-refractivity contribution in [2.45, 2.75) is 82.7 Å². The summed E-state index contributed by atoms with van der Waals surface area (Å²) < 4.78 is 0. The minimum Gasteiger partial charge on any atom is -0.481 e. The second kappa shape index (κ2) is 8.19. The van der Waals surface area contributed by atoms with Gasteiger partial charge in [-0.3, -0.25) is 14.4 Å². The van der Waals surface area contributed by atoms with Crippen LogP contribution in [0.25, 0.3) is 0 Å². The second-order valence-electron chi connectivity index (χ2n) is 8.09. The molecule has 0 spiro atoms. The molecule has 25 heavy (non-hydrogen) atoms. The van der Waals surface area contributed by atoms with Gasteiger partial charge in [0.25, 0.3) is 0 Å². The predicted octanol–water partition coefficient (Wildman–Crippen LogP) is 2.22. The molecular weight excluding hydrogens is 320 g/mol. The van der Waals surface area contributed by atoms with Gasteiger partial charge in [0.1, 0.15) is 0 Å². The number of nitrogens with one attached hydrogen (secondary N) is 2. The summed E-state index contributed by atoms with van der Waals surface area (Å²) in [6.45, 7) is 0. The van der Waals surface area contributed by atoms with Crippen LogP contribution >= 0.6 is 0 Å². The van der Waals surface area contributed by atoms with Gasteiger partial charge in [-0.25, -0.2) is 0 Å². The van der Waals surface area contributed by atoms with Gasteiger partial charge in [0.15, 0.2) is 0 Å². The number of carboxylic acids is 1. The van der Waals surface area contributed by atoms with Crippen LogP contribution in [0.15, 0.2) is 0 Å². The van der Waals surface area contributed by atoms with Gasteiger partial charge in [0.05, 0.1) is 5.92 Å². The van der Waals surface area contributed by atoms with E-state index in [1.807, 2.05) is 0 Å². The van der Waals surface area contributed by atoms with Crippen LogP contribution in [-0.4, -0.2) is 35.0 Å². The molecule has 0 aliphatic heterocycles. The zero-order valence-corrected chi connectivity index (χ0v) is 14.8. The molecule has 3 aliphatic carbocycles. The first-order valence-corrected chi connectivity index (χ1v) is 9.86. The zero-order valence-electron chi connectivity index (χ0n) is 14.8. The van der Waals surface area contributed by atoms with Crippen molar-refractivity contribution in [3.63, 3.8) is 0 Å².